The molecule has 0 saturated heterocycles. The van der Waals surface area contributed by atoms with E-state index in [2.05, 4.69) is 22.3 Å². The highest BCUT2D eigenvalue weighted by Gasteiger charge is 2.36. The summed E-state index contributed by atoms with van der Waals surface area (Å²) in [6.45, 7) is 11.0. The zero-order chi connectivity index (χ0) is 28.9. The summed E-state index contributed by atoms with van der Waals surface area (Å²) >= 11 is 0. The summed E-state index contributed by atoms with van der Waals surface area (Å²) in [6.07, 6.45) is 3.05. The zero-order valence-corrected chi connectivity index (χ0v) is 23.8. The number of ether oxygens (including phenoxy) is 2. The van der Waals surface area contributed by atoms with E-state index in [0.717, 1.165) is 19.3 Å². The summed E-state index contributed by atoms with van der Waals surface area (Å²) < 4.78 is 10.0. The van der Waals surface area contributed by atoms with Gasteiger partial charge in [-0.2, -0.15) is 0 Å². The van der Waals surface area contributed by atoms with Crippen molar-refractivity contribution in [2.75, 3.05) is 20.2 Å². The number of phenolic OH excluding ortho intramolecular Hbond substituents is 1. The number of nitrogens with one attached hydrogen (secondary N) is 2. The lowest BCUT2D eigenvalue weighted by atomic mass is 9.98. The molecule has 3 N–H and O–H groups in total. The number of carbonyl (C=O) groups is 4. The molecule has 2 unspecified atom stereocenters. The molecule has 0 aliphatic carbocycles. The lowest BCUT2D eigenvalue weighted by Gasteiger charge is -2.35. The van der Waals surface area contributed by atoms with Gasteiger partial charge in [-0.05, 0) is 57.2 Å². The van der Waals surface area contributed by atoms with Gasteiger partial charge in [0.05, 0.1) is 7.11 Å². The molecule has 10 nitrogen and oxygen atoms in total. The standard InChI is InChI=1S/C28H45N3O7/c1-8-9-10-11-16-31(26(35)22(17-19(2)3)30-27(36)38-28(4,5)6)24(20-12-14-21(32)15-13-20)25(34)29-18-23(33)37-7/h12-15,19,22,24,32H,8-11,16-18H2,1-7H3,(H,29,34)(H,30,36). The fourth-order valence-corrected chi connectivity index (χ4v) is 3.88. The summed E-state index contributed by atoms with van der Waals surface area (Å²) in [5.41, 5.74) is -0.299. The second kappa shape index (κ2) is 15.8. The molecule has 0 fully saturated rings. The zero-order valence-electron chi connectivity index (χ0n) is 23.8. The van der Waals surface area contributed by atoms with E-state index in [1.807, 2.05) is 13.8 Å². The number of nitrogens with zero attached hydrogens (tertiary/aromatic N) is 1. The van der Waals surface area contributed by atoms with Crippen molar-refractivity contribution in [1.29, 1.82) is 0 Å². The first-order valence-electron chi connectivity index (χ1n) is 13.2. The Hall–Kier alpha value is -3.30. The van der Waals surface area contributed by atoms with Crippen molar-refractivity contribution >= 4 is 23.9 Å². The molecule has 0 bridgehead atoms. The van der Waals surface area contributed by atoms with E-state index < -0.39 is 41.6 Å². The van der Waals surface area contributed by atoms with E-state index >= 15 is 0 Å². The van der Waals surface area contributed by atoms with E-state index in [0.29, 0.717) is 18.4 Å². The minimum absolute atomic E-state index is 0.00701. The largest absolute Gasteiger partial charge is 0.508 e. The third-order valence-electron chi connectivity index (χ3n) is 5.64. The Balaban J connectivity index is 3.46. The van der Waals surface area contributed by atoms with Gasteiger partial charge in [-0.15, -0.1) is 0 Å². The van der Waals surface area contributed by atoms with Gasteiger partial charge in [0.1, 0.15) is 30.0 Å². The maximum absolute atomic E-state index is 14.1. The predicted octanol–water partition coefficient (Wildman–Crippen LogP) is 4.07. The summed E-state index contributed by atoms with van der Waals surface area (Å²) in [4.78, 5) is 53.3. The predicted molar refractivity (Wildman–Crippen MR) is 144 cm³/mol. The molecule has 3 amide bonds. The molecule has 214 valence electrons. The van der Waals surface area contributed by atoms with Crippen molar-refractivity contribution in [2.24, 2.45) is 5.92 Å². The molecule has 38 heavy (non-hydrogen) atoms. The van der Waals surface area contributed by atoms with E-state index in [1.54, 1.807) is 32.9 Å². The molecule has 2 atom stereocenters. The highest BCUT2D eigenvalue weighted by molar-refractivity contribution is 5.93. The molecular formula is C28H45N3O7. The van der Waals surface area contributed by atoms with Crippen LogP contribution in [0.1, 0.15) is 85.3 Å². The molecular weight excluding hydrogens is 490 g/mol. The van der Waals surface area contributed by atoms with Crippen LogP contribution in [-0.4, -0.2) is 65.7 Å². The Morgan fingerprint density at radius 2 is 1.66 bits per heavy atom. The van der Waals surface area contributed by atoms with E-state index in [4.69, 9.17) is 4.74 Å². The number of hydrogen-bond acceptors (Lipinski definition) is 7. The number of aromatic hydroxyl groups is 1. The Bertz CT molecular complexity index is 910. The number of alkyl carbamates (subject to hydrolysis) is 1. The summed E-state index contributed by atoms with van der Waals surface area (Å²) in [6, 6.07) is 3.93. The molecule has 1 aromatic carbocycles. The van der Waals surface area contributed by atoms with Crippen LogP contribution in [0.2, 0.25) is 0 Å². The molecule has 10 heteroatoms. The average Bonchev–Trinajstić information content (AvgIpc) is 2.82. The van der Waals surface area contributed by atoms with Gasteiger partial charge in [0, 0.05) is 6.54 Å². The molecule has 0 heterocycles. The van der Waals surface area contributed by atoms with Gasteiger partial charge >= 0.3 is 12.1 Å². The fourth-order valence-electron chi connectivity index (χ4n) is 3.88. The van der Waals surface area contributed by atoms with Crippen LogP contribution in [-0.2, 0) is 23.9 Å². The Morgan fingerprint density at radius 1 is 1.03 bits per heavy atom. The van der Waals surface area contributed by atoms with Crippen LogP contribution in [0.4, 0.5) is 4.79 Å². The summed E-state index contributed by atoms with van der Waals surface area (Å²) in [7, 11) is 1.22. The molecule has 0 saturated carbocycles. The van der Waals surface area contributed by atoms with Gasteiger partial charge in [-0.3, -0.25) is 14.4 Å². The van der Waals surface area contributed by atoms with Gasteiger partial charge in [0.2, 0.25) is 11.8 Å². The Labute approximate surface area is 226 Å². The Kier molecular flexibility index (Phi) is 13.6. The first-order chi connectivity index (χ1) is 17.8. The van der Waals surface area contributed by atoms with Crippen LogP contribution in [0.25, 0.3) is 0 Å². The first-order valence-corrected chi connectivity index (χ1v) is 13.2. The number of rotatable bonds is 14. The van der Waals surface area contributed by atoms with Crippen molar-refractivity contribution in [3.05, 3.63) is 29.8 Å². The average molecular weight is 536 g/mol. The van der Waals surface area contributed by atoms with Gasteiger partial charge in [-0.25, -0.2) is 4.79 Å². The maximum Gasteiger partial charge on any atom is 0.408 e. The van der Waals surface area contributed by atoms with Gasteiger partial charge in [0.25, 0.3) is 0 Å². The quantitative estimate of drug-likeness (QED) is 0.241. The van der Waals surface area contributed by atoms with Crippen molar-refractivity contribution in [3.8, 4) is 5.75 Å². The normalized spacial score (nSPS) is 12.8. The number of phenols is 1. The topological polar surface area (TPSA) is 134 Å². The van der Waals surface area contributed by atoms with Crippen LogP contribution < -0.4 is 10.6 Å². The second-order valence-electron chi connectivity index (χ2n) is 10.7. The van der Waals surface area contributed by atoms with Crippen molar-refractivity contribution in [1.82, 2.24) is 15.5 Å². The smallest absolute Gasteiger partial charge is 0.408 e. The van der Waals surface area contributed by atoms with Crippen LogP contribution in [0.15, 0.2) is 24.3 Å². The minimum Gasteiger partial charge on any atom is -0.508 e. The highest BCUT2D eigenvalue weighted by Crippen LogP contribution is 2.26. The third-order valence-corrected chi connectivity index (χ3v) is 5.64. The number of esters is 1. The molecule has 1 aromatic rings. The maximum atomic E-state index is 14.1. The highest BCUT2D eigenvalue weighted by atomic mass is 16.6. The number of benzene rings is 1. The lowest BCUT2D eigenvalue weighted by Crippen LogP contribution is -2.54. The monoisotopic (exact) mass is 535 g/mol. The Morgan fingerprint density at radius 3 is 2.18 bits per heavy atom. The minimum atomic E-state index is -1.11. The van der Waals surface area contributed by atoms with Gasteiger partial charge in [0.15, 0.2) is 0 Å². The van der Waals surface area contributed by atoms with Gasteiger partial charge in [-0.1, -0.05) is 52.2 Å². The van der Waals surface area contributed by atoms with Crippen molar-refractivity contribution in [3.63, 3.8) is 0 Å². The number of amides is 3. The van der Waals surface area contributed by atoms with Crippen LogP contribution in [0, 0.1) is 5.92 Å². The number of unbranched alkanes of at least 4 members (excludes halogenated alkanes) is 3. The summed E-state index contributed by atoms with van der Waals surface area (Å²) in [5, 5.41) is 15.1. The van der Waals surface area contributed by atoms with Gasteiger partial charge < -0.3 is 30.1 Å². The SMILES string of the molecule is CCCCCCN(C(=O)C(CC(C)C)NC(=O)OC(C)(C)C)C(C(=O)NCC(=O)OC)c1ccc(O)cc1. The molecule has 0 radical (unpaired) electrons. The van der Waals surface area contributed by atoms with Crippen LogP contribution >= 0.6 is 0 Å². The van der Waals surface area contributed by atoms with Crippen molar-refractivity contribution in [2.45, 2.75) is 91.3 Å². The molecule has 0 aliphatic rings. The van der Waals surface area contributed by atoms with E-state index in [1.165, 1.54) is 24.1 Å². The lowest BCUT2D eigenvalue weighted by molar-refractivity contribution is -0.145. The summed E-state index contributed by atoms with van der Waals surface area (Å²) in [5.74, 6) is -1.58. The van der Waals surface area contributed by atoms with E-state index in [9.17, 15) is 24.3 Å². The van der Waals surface area contributed by atoms with Crippen molar-refractivity contribution < 1.29 is 33.8 Å². The van der Waals surface area contributed by atoms with E-state index in [-0.39, 0.29) is 24.8 Å². The second-order valence-corrected chi connectivity index (χ2v) is 10.7. The molecule has 0 aromatic heterocycles. The molecule has 1 rings (SSSR count). The number of carbonyl (C=O) groups excluding carboxylic acids is 4. The first kappa shape index (κ1) is 32.7. The number of methoxy groups -OCH3 is 1. The fraction of sp³-hybridized carbons (Fsp3) is 0.643. The molecule has 0 spiro atoms. The number of hydrogen-bond donors (Lipinski definition) is 3. The molecule has 0 aliphatic heterocycles. The van der Waals surface area contributed by atoms with Crippen LogP contribution in [0.5, 0.6) is 5.75 Å². The van der Waals surface area contributed by atoms with Crippen LogP contribution in [0.3, 0.4) is 0 Å². The third kappa shape index (κ3) is 11.8.